The standard InChI is InChI=1S/C20H24ClN3O2/c1-16-18(20(21)26-22-16)9-10-19(25)24-14-12-23(13-15-24)11-5-8-17-6-3-2-4-7-17/h2-8H,9-15H2,1H3/b8-5+. The van der Waals surface area contributed by atoms with Crippen molar-refractivity contribution in [1.82, 2.24) is 15.0 Å². The molecule has 6 heteroatoms. The Morgan fingerprint density at radius 3 is 2.62 bits per heavy atom. The molecular formula is C20H24ClN3O2. The highest BCUT2D eigenvalue weighted by atomic mass is 35.5. The number of hydrogen-bond donors (Lipinski definition) is 0. The van der Waals surface area contributed by atoms with Crippen molar-refractivity contribution in [1.29, 1.82) is 0 Å². The van der Waals surface area contributed by atoms with E-state index in [4.69, 9.17) is 16.1 Å². The molecule has 0 unspecified atom stereocenters. The van der Waals surface area contributed by atoms with Gasteiger partial charge in [-0.05, 0) is 30.5 Å². The minimum absolute atomic E-state index is 0.168. The van der Waals surface area contributed by atoms with E-state index in [0.29, 0.717) is 18.1 Å². The number of carbonyl (C=O) groups is 1. The fraction of sp³-hybridized carbons (Fsp3) is 0.400. The quantitative estimate of drug-likeness (QED) is 0.778. The van der Waals surface area contributed by atoms with E-state index in [1.54, 1.807) is 0 Å². The lowest BCUT2D eigenvalue weighted by Crippen LogP contribution is -2.48. The summed E-state index contributed by atoms with van der Waals surface area (Å²) in [6.07, 6.45) is 5.34. The van der Waals surface area contributed by atoms with E-state index >= 15 is 0 Å². The minimum Gasteiger partial charge on any atom is -0.344 e. The molecule has 1 fully saturated rings. The molecule has 2 heterocycles. The number of nitrogens with zero attached hydrogens (tertiary/aromatic N) is 3. The Bertz CT molecular complexity index is 730. The highest BCUT2D eigenvalue weighted by Gasteiger charge is 2.21. The van der Waals surface area contributed by atoms with Gasteiger partial charge in [-0.15, -0.1) is 0 Å². The number of hydrogen-bond acceptors (Lipinski definition) is 4. The van der Waals surface area contributed by atoms with Crippen LogP contribution in [0.3, 0.4) is 0 Å². The first-order valence-electron chi connectivity index (χ1n) is 8.96. The summed E-state index contributed by atoms with van der Waals surface area (Å²) in [5.41, 5.74) is 2.81. The lowest BCUT2D eigenvalue weighted by Gasteiger charge is -2.34. The lowest BCUT2D eigenvalue weighted by molar-refractivity contribution is -0.132. The van der Waals surface area contributed by atoms with E-state index in [9.17, 15) is 4.79 Å². The summed E-state index contributed by atoms with van der Waals surface area (Å²) in [7, 11) is 0. The number of benzene rings is 1. The Labute approximate surface area is 159 Å². The Balaban J connectivity index is 1.40. The first kappa shape index (κ1) is 18.7. The minimum atomic E-state index is 0.168. The van der Waals surface area contributed by atoms with Gasteiger partial charge in [-0.2, -0.15) is 0 Å². The van der Waals surface area contributed by atoms with Gasteiger partial charge in [0.1, 0.15) is 0 Å². The SMILES string of the molecule is Cc1noc(Cl)c1CCC(=O)N1CCN(C/C=C/c2ccccc2)CC1. The van der Waals surface area contributed by atoms with Crippen molar-refractivity contribution in [2.24, 2.45) is 0 Å². The third kappa shape index (κ3) is 4.96. The third-order valence-electron chi connectivity index (χ3n) is 4.72. The molecule has 1 aromatic carbocycles. The number of rotatable bonds is 6. The van der Waals surface area contributed by atoms with Gasteiger partial charge in [-0.3, -0.25) is 9.69 Å². The molecule has 1 aliphatic rings. The maximum atomic E-state index is 12.4. The van der Waals surface area contributed by atoms with Crippen LogP contribution >= 0.6 is 11.6 Å². The van der Waals surface area contributed by atoms with Crippen molar-refractivity contribution in [3.8, 4) is 0 Å². The number of aromatic nitrogens is 1. The molecule has 2 aromatic rings. The highest BCUT2D eigenvalue weighted by Crippen LogP contribution is 2.21. The summed E-state index contributed by atoms with van der Waals surface area (Å²) < 4.78 is 4.93. The second-order valence-corrected chi connectivity index (χ2v) is 6.86. The first-order chi connectivity index (χ1) is 12.6. The largest absolute Gasteiger partial charge is 0.344 e. The number of amides is 1. The molecule has 0 aliphatic carbocycles. The summed E-state index contributed by atoms with van der Waals surface area (Å²) >= 11 is 5.96. The monoisotopic (exact) mass is 373 g/mol. The number of piperazine rings is 1. The molecule has 0 atom stereocenters. The molecule has 26 heavy (non-hydrogen) atoms. The zero-order chi connectivity index (χ0) is 18.4. The summed E-state index contributed by atoms with van der Waals surface area (Å²) in [6.45, 7) is 6.10. The van der Waals surface area contributed by atoms with Crippen LogP contribution in [0.1, 0.15) is 23.2 Å². The van der Waals surface area contributed by atoms with Crippen molar-refractivity contribution < 1.29 is 9.32 Å². The van der Waals surface area contributed by atoms with E-state index in [1.165, 1.54) is 5.56 Å². The zero-order valence-electron chi connectivity index (χ0n) is 15.0. The molecule has 1 saturated heterocycles. The Hall–Kier alpha value is -2.11. The molecule has 0 radical (unpaired) electrons. The van der Waals surface area contributed by atoms with Gasteiger partial charge in [0.15, 0.2) is 0 Å². The van der Waals surface area contributed by atoms with E-state index in [1.807, 2.05) is 30.0 Å². The van der Waals surface area contributed by atoms with Gasteiger partial charge in [-0.1, -0.05) is 47.6 Å². The molecule has 138 valence electrons. The smallest absolute Gasteiger partial charge is 0.229 e. The van der Waals surface area contributed by atoms with Gasteiger partial charge < -0.3 is 9.42 Å². The highest BCUT2D eigenvalue weighted by molar-refractivity contribution is 6.29. The van der Waals surface area contributed by atoms with Crippen LogP contribution in [0.25, 0.3) is 6.08 Å². The number of carbonyl (C=O) groups excluding carboxylic acids is 1. The second-order valence-electron chi connectivity index (χ2n) is 6.51. The molecule has 5 nitrogen and oxygen atoms in total. The third-order valence-corrected chi connectivity index (χ3v) is 5.02. The predicted molar refractivity (Wildman–Crippen MR) is 103 cm³/mol. The van der Waals surface area contributed by atoms with Crippen molar-refractivity contribution in [3.63, 3.8) is 0 Å². The number of halogens is 1. The topological polar surface area (TPSA) is 49.6 Å². The normalized spacial score (nSPS) is 15.7. The molecule has 1 amide bonds. The van der Waals surface area contributed by atoms with Gasteiger partial charge in [0.2, 0.25) is 11.1 Å². The van der Waals surface area contributed by atoms with E-state index in [-0.39, 0.29) is 5.91 Å². The van der Waals surface area contributed by atoms with Crippen molar-refractivity contribution in [2.75, 3.05) is 32.7 Å². The Morgan fingerprint density at radius 2 is 1.96 bits per heavy atom. The van der Waals surface area contributed by atoms with E-state index in [0.717, 1.165) is 44.0 Å². The summed E-state index contributed by atoms with van der Waals surface area (Å²) in [5.74, 6) is 0.168. The van der Waals surface area contributed by atoms with Gasteiger partial charge >= 0.3 is 0 Å². The maximum Gasteiger partial charge on any atom is 0.229 e. The fourth-order valence-electron chi connectivity index (χ4n) is 3.11. The van der Waals surface area contributed by atoms with Crippen molar-refractivity contribution in [2.45, 2.75) is 19.8 Å². The van der Waals surface area contributed by atoms with Crippen LogP contribution in [0.5, 0.6) is 0 Å². The van der Waals surface area contributed by atoms with E-state index < -0.39 is 0 Å². The lowest BCUT2D eigenvalue weighted by atomic mass is 10.1. The molecule has 0 N–H and O–H groups in total. The molecule has 1 aliphatic heterocycles. The van der Waals surface area contributed by atoms with Crippen LogP contribution in [0.4, 0.5) is 0 Å². The summed E-state index contributed by atoms with van der Waals surface area (Å²) in [5, 5.41) is 4.12. The first-order valence-corrected chi connectivity index (χ1v) is 9.33. The zero-order valence-corrected chi connectivity index (χ0v) is 15.8. The van der Waals surface area contributed by atoms with Gasteiger partial charge in [0, 0.05) is 44.7 Å². The van der Waals surface area contributed by atoms with Crippen LogP contribution in [-0.2, 0) is 11.2 Å². The van der Waals surface area contributed by atoms with Crippen molar-refractivity contribution in [3.05, 3.63) is 58.4 Å². The molecule has 3 rings (SSSR count). The van der Waals surface area contributed by atoms with Gasteiger partial charge in [-0.25, -0.2) is 0 Å². The summed E-state index contributed by atoms with van der Waals surface area (Å²) in [6, 6.07) is 10.3. The van der Waals surface area contributed by atoms with Crippen LogP contribution in [0, 0.1) is 6.92 Å². The molecule has 1 aromatic heterocycles. The Morgan fingerprint density at radius 1 is 1.23 bits per heavy atom. The van der Waals surface area contributed by atoms with Crippen LogP contribution in [0.2, 0.25) is 5.22 Å². The van der Waals surface area contributed by atoms with Gasteiger partial charge in [0.05, 0.1) is 5.69 Å². The summed E-state index contributed by atoms with van der Waals surface area (Å²) in [4.78, 5) is 16.7. The average molecular weight is 374 g/mol. The maximum absolute atomic E-state index is 12.4. The second kappa shape index (κ2) is 9.01. The fourth-order valence-corrected chi connectivity index (χ4v) is 3.38. The average Bonchev–Trinajstić information content (AvgIpc) is 2.99. The van der Waals surface area contributed by atoms with Crippen molar-refractivity contribution >= 4 is 23.6 Å². The molecular weight excluding hydrogens is 350 g/mol. The molecule has 0 spiro atoms. The molecule has 0 bridgehead atoms. The van der Waals surface area contributed by atoms with E-state index in [2.05, 4.69) is 34.3 Å². The van der Waals surface area contributed by atoms with Crippen LogP contribution in [-0.4, -0.2) is 53.6 Å². The van der Waals surface area contributed by atoms with Crippen LogP contribution < -0.4 is 0 Å². The predicted octanol–water partition coefficient (Wildman–Crippen LogP) is 3.43. The van der Waals surface area contributed by atoms with Gasteiger partial charge in [0.25, 0.3) is 0 Å². The molecule has 0 saturated carbocycles. The van der Waals surface area contributed by atoms with Crippen LogP contribution in [0.15, 0.2) is 40.9 Å². The number of aryl methyl sites for hydroxylation is 1. The Kier molecular flexibility index (Phi) is 6.47.